The highest BCUT2D eigenvalue weighted by molar-refractivity contribution is 5.94. The minimum Gasteiger partial charge on any atom is -0.493 e. The van der Waals surface area contributed by atoms with Crippen LogP contribution in [0.5, 0.6) is 11.5 Å². The molecule has 3 rings (SSSR count). The molecule has 1 amide bonds. The van der Waals surface area contributed by atoms with Crippen LogP contribution in [0.4, 0.5) is 5.69 Å². The summed E-state index contributed by atoms with van der Waals surface area (Å²) >= 11 is 0. The predicted octanol–water partition coefficient (Wildman–Crippen LogP) is 2.61. The Morgan fingerprint density at radius 3 is 2.80 bits per heavy atom. The third-order valence-corrected chi connectivity index (χ3v) is 3.82. The van der Waals surface area contributed by atoms with Gasteiger partial charge < -0.3 is 14.8 Å². The third-order valence-electron chi connectivity index (χ3n) is 3.82. The maximum absolute atomic E-state index is 12.2. The lowest BCUT2D eigenvalue weighted by Gasteiger charge is -2.11. The number of benzene rings is 1. The van der Waals surface area contributed by atoms with E-state index in [1.165, 1.54) is 0 Å². The molecule has 7 nitrogen and oxygen atoms in total. The van der Waals surface area contributed by atoms with Crippen molar-refractivity contribution in [1.29, 1.82) is 0 Å². The van der Waals surface area contributed by atoms with E-state index in [2.05, 4.69) is 15.4 Å². The van der Waals surface area contributed by atoms with Gasteiger partial charge in [0.1, 0.15) is 0 Å². The molecule has 1 N–H and O–H groups in total. The fourth-order valence-electron chi connectivity index (χ4n) is 2.61. The van der Waals surface area contributed by atoms with Crippen LogP contribution in [0.1, 0.15) is 11.3 Å². The van der Waals surface area contributed by atoms with Crippen LogP contribution in [0.3, 0.4) is 0 Å². The Morgan fingerprint density at radius 1 is 1.24 bits per heavy atom. The molecule has 25 heavy (non-hydrogen) atoms. The number of amides is 1. The molecule has 7 heteroatoms. The second-order valence-corrected chi connectivity index (χ2v) is 5.80. The van der Waals surface area contributed by atoms with Crippen molar-refractivity contribution in [1.82, 2.24) is 14.8 Å². The molecule has 0 aliphatic rings. The molecule has 3 aromatic rings. The number of hydrogen-bond acceptors (Lipinski definition) is 5. The largest absolute Gasteiger partial charge is 0.493 e. The van der Waals surface area contributed by atoms with Crippen molar-refractivity contribution < 1.29 is 14.3 Å². The number of aromatic nitrogens is 3. The van der Waals surface area contributed by atoms with Crippen molar-refractivity contribution >= 4 is 22.6 Å². The van der Waals surface area contributed by atoms with Crippen molar-refractivity contribution in [2.75, 3.05) is 19.0 Å². The molecule has 0 atom stereocenters. The minimum absolute atomic E-state index is 0.122. The van der Waals surface area contributed by atoms with Gasteiger partial charge in [-0.3, -0.25) is 9.48 Å². The van der Waals surface area contributed by atoms with Gasteiger partial charge in [0.15, 0.2) is 23.8 Å². The van der Waals surface area contributed by atoms with E-state index in [-0.39, 0.29) is 12.5 Å². The summed E-state index contributed by atoms with van der Waals surface area (Å²) in [6, 6.07) is 7.40. The maximum Gasteiger partial charge on any atom is 0.262 e. The molecular weight excluding hydrogens is 320 g/mol. The van der Waals surface area contributed by atoms with Crippen molar-refractivity contribution in [2.45, 2.75) is 13.8 Å². The zero-order valence-corrected chi connectivity index (χ0v) is 14.7. The molecular formula is C18H20N4O3. The summed E-state index contributed by atoms with van der Waals surface area (Å²) in [4.78, 5) is 16.5. The van der Waals surface area contributed by atoms with E-state index >= 15 is 0 Å². The number of nitrogens with zero attached hydrogens (tertiary/aromatic N) is 3. The Morgan fingerprint density at radius 2 is 2.04 bits per heavy atom. The van der Waals surface area contributed by atoms with Crippen LogP contribution in [-0.2, 0) is 11.8 Å². The zero-order chi connectivity index (χ0) is 18.0. The first-order valence-electron chi connectivity index (χ1n) is 7.84. The van der Waals surface area contributed by atoms with Crippen molar-refractivity contribution in [3.63, 3.8) is 0 Å². The summed E-state index contributed by atoms with van der Waals surface area (Å²) < 4.78 is 12.5. The lowest BCUT2D eigenvalue weighted by Crippen LogP contribution is -2.20. The Hall–Kier alpha value is -3.09. The van der Waals surface area contributed by atoms with Crippen LogP contribution in [0.15, 0.2) is 30.5 Å². The van der Waals surface area contributed by atoms with E-state index < -0.39 is 0 Å². The van der Waals surface area contributed by atoms with Gasteiger partial charge in [-0.05, 0) is 37.6 Å². The molecule has 0 fully saturated rings. The van der Waals surface area contributed by atoms with Gasteiger partial charge in [0.25, 0.3) is 5.91 Å². The van der Waals surface area contributed by atoms with E-state index in [0.717, 1.165) is 22.3 Å². The second kappa shape index (κ2) is 6.80. The highest BCUT2D eigenvalue weighted by Crippen LogP contribution is 2.27. The molecule has 0 aliphatic heterocycles. The Balaban J connectivity index is 1.68. The normalized spacial score (nSPS) is 10.7. The summed E-state index contributed by atoms with van der Waals surface area (Å²) in [5, 5.41) is 8.00. The summed E-state index contributed by atoms with van der Waals surface area (Å²) in [5.74, 6) is 0.854. The molecule has 1 aromatic carbocycles. The quantitative estimate of drug-likeness (QED) is 0.772. The summed E-state index contributed by atoms with van der Waals surface area (Å²) in [7, 11) is 3.40. The summed E-state index contributed by atoms with van der Waals surface area (Å²) in [6.07, 6.45) is 1.60. The first kappa shape index (κ1) is 16.8. The highest BCUT2D eigenvalue weighted by atomic mass is 16.5. The highest BCUT2D eigenvalue weighted by Gasteiger charge is 2.11. The number of anilines is 1. The second-order valence-electron chi connectivity index (χ2n) is 5.80. The van der Waals surface area contributed by atoms with Gasteiger partial charge in [-0.25, -0.2) is 4.98 Å². The standard InChI is InChI=1S/C18H20N4O3/c1-11-5-6-15(16(7-11)24-4)25-10-17(23)20-13-8-14-12(2)21-22(3)18(14)19-9-13/h5-9H,10H2,1-4H3,(H,20,23). The van der Waals surface area contributed by atoms with E-state index in [1.807, 2.05) is 39.1 Å². The molecule has 0 bridgehead atoms. The third kappa shape index (κ3) is 3.55. The summed E-state index contributed by atoms with van der Waals surface area (Å²) in [5.41, 5.74) is 3.30. The average Bonchev–Trinajstić information content (AvgIpc) is 2.87. The molecule has 0 radical (unpaired) electrons. The van der Waals surface area contributed by atoms with E-state index in [0.29, 0.717) is 17.2 Å². The molecule has 0 saturated heterocycles. The van der Waals surface area contributed by atoms with Crippen molar-refractivity contribution in [2.24, 2.45) is 7.05 Å². The first-order chi connectivity index (χ1) is 12.0. The molecule has 0 unspecified atom stereocenters. The molecule has 130 valence electrons. The number of fused-ring (bicyclic) bond motifs is 1. The van der Waals surface area contributed by atoms with E-state index in [1.54, 1.807) is 24.1 Å². The summed E-state index contributed by atoms with van der Waals surface area (Å²) in [6.45, 7) is 3.74. The predicted molar refractivity (Wildman–Crippen MR) is 95.1 cm³/mol. The van der Waals surface area contributed by atoms with E-state index in [9.17, 15) is 4.79 Å². The maximum atomic E-state index is 12.2. The average molecular weight is 340 g/mol. The van der Waals surface area contributed by atoms with Gasteiger partial charge in [0.2, 0.25) is 0 Å². The Labute approximate surface area is 145 Å². The Kier molecular flexibility index (Phi) is 4.56. The number of methoxy groups -OCH3 is 1. The van der Waals surface area contributed by atoms with Crippen LogP contribution in [0.25, 0.3) is 11.0 Å². The topological polar surface area (TPSA) is 78.3 Å². The van der Waals surface area contributed by atoms with Crippen molar-refractivity contribution in [3.05, 3.63) is 41.7 Å². The lowest BCUT2D eigenvalue weighted by molar-refractivity contribution is -0.118. The van der Waals surface area contributed by atoms with Crippen LogP contribution >= 0.6 is 0 Å². The van der Waals surface area contributed by atoms with Crippen molar-refractivity contribution in [3.8, 4) is 11.5 Å². The monoisotopic (exact) mass is 340 g/mol. The fourth-order valence-corrected chi connectivity index (χ4v) is 2.61. The molecule has 2 aromatic heterocycles. The van der Waals surface area contributed by atoms with Gasteiger partial charge in [-0.15, -0.1) is 0 Å². The van der Waals surface area contributed by atoms with Gasteiger partial charge in [0.05, 0.1) is 24.7 Å². The fraction of sp³-hybridized carbons (Fsp3) is 0.278. The van der Waals surface area contributed by atoms with Gasteiger partial charge in [-0.1, -0.05) is 6.07 Å². The first-order valence-corrected chi connectivity index (χ1v) is 7.84. The number of carbonyl (C=O) groups is 1. The number of hydrogen-bond donors (Lipinski definition) is 1. The molecule has 0 aliphatic carbocycles. The minimum atomic E-state index is -0.273. The number of rotatable bonds is 5. The van der Waals surface area contributed by atoms with Gasteiger partial charge in [0, 0.05) is 12.4 Å². The number of ether oxygens (including phenoxy) is 2. The van der Waals surface area contributed by atoms with Crippen LogP contribution in [-0.4, -0.2) is 34.4 Å². The molecule has 0 spiro atoms. The molecule has 2 heterocycles. The van der Waals surface area contributed by atoms with Gasteiger partial charge >= 0.3 is 0 Å². The van der Waals surface area contributed by atoms with Gasteiger partial charge in [-0.2, -0.15) is 5.10 Å². The smallest absolute Gasteiger partial charge is 0.262 e. The number of carbonyl (C=O) groups excluding carboxylic acids is 1. The van der Waals surface area contributed by atoms with Crippen LogP contribution in [0, 0.1) is 13.8 Å². The Bertz CT molecular complexity index is 933. The number of nitrogens with one attached hydrogen (secondary N) is 1. The zero-order valence-electron chi connectivity index (χ0n) is 14.7. The van der Waals surface area contributed by atoms with Crippen LogP contribution in [0.2, 0.25) is 0 Å². The molecule has 0 saturated carbocycles. The van der Waals surface area contributed by atoms with E-state index in [4.69, 9.17) is 9.47 Å². The number of aryl methyl sites for hydroxylation is 3. The SMILES string of the molecule is COc1cc(C)ccc1OCC(=O)Nc1cnc2c(c1)c(C)nn2C. The van der Waals surface area contributed by atoms with Crippen LogP contribution < -0.4 is 14.8 Å². The number of pyridine rings is 1. The lowest BCUT2D eigenvalue weighted by atomic mass is 10.2.